The molecule has 0 radical (unpaired) electrons. The molecule has 0 bridgehead atoms. The van der Waals surface area contributed by atoms with Gasteiger partial charge in [-0.15, -0.1) is 0 Å². The number of ether oxygens (including phenoxy) is 1. The van der Waals surface area contributed by atoms with Gasteiger partial charge in [-0.1, -0.05) is 18.2 Å². The van der Waals surface area contributed by atoms with Crippen LogP contribution in [0.5, 0.6) is 5.75 Å². The fourth-order valence-corrected chi connectivity index (χ4v) is 1.91. The summed E-state index contributed by atoms with van der Waals surface area (Å²) in [6.07, 6.45) is 0. The first-order chi connectivity index (χ1) is 10.3. The smallest absolute Gasteiger partial charge is 0.276 e. The van der Waals surface area contributed by atoms with E-state index in [0.29, 0.717) is 5.69 Å². The fourth-order valence-electron chi connectivity index (χ4n) is 1.91. The lowest BCUT2D eigenvalue weighted by Crippen LogP contribution is -2.41. The van der Waals surface area contributed by atoms with E-state index in [4.69, 9.17) is 4.74 Å². The Labute approximate surface area is 128 Å². The molecule has 0 unspecified atom stereocenters. The SMILES string of the molecule is COc1cc(=O)n(-c2ccccc2)nc1C(=O)NC(C)(C)C. The van der Waals surface area contributed by atoms with Crippen molar-refractivity contribution in [3.8, 4) is 11.4 Å². The number of nitrogens with one attached hydrogen (secondary N) is 1. The van der Waals surface area contributed by atoms with Crippen molar-refractivity contribution in [1.82, 2.24) is 15.1 Å². The molecule has 1 aromatic heterocycles. The first-order valence-electron chi connectivity index (χ1n) is 6.88. The van der Waals surface area contributed by atoms with Crippen LogP contribution in [0, 0.1) is 0 Å². The molecule has 0 fully saturated rings. The van der Waals surface area contributed by atoms with Crippen molar-refractivity contribution >= 4 is 5.91 Å². The Bertz CT molecular complexity index is 731. The van der Waals surface area contributed by atoms with Gasteiger partial charge >= 0.3 is 0 Å². The van der Waals surface area contributed by atoms with Crippen LogP contribution >= 0.6 is 0 Å². The molecule has 22 heavy (non-hydrogen) atoms. The van der Waals surface area contributed by atoms with Crippen LogP contribution in [-0.4, -0.2) is 28.3 Å². The number of benzene rings is 1. The summed E-state index contributed by atoms with van der Waals surface area (Å²) in [5.74, 6) is -0.243. The van der Waals surface area contributed by atoms with E-state index in [2.05, 4.69) is 10.4 Å². The van der Waals surface area contributed by atoms with Gasteiger partial charge in [-0.05, 0) is 32.9 Å². The lowest BCUT2D eigenvalue weighted by atomic mass is 10.1. The zero-order valence-electron chi connectivity index (χ0n) is 13.1. The zero-order valence-corrected chi connectivity index (χ0v) is 13.1. The van der Waals surface area contributed by atoms with Gasteiger partial charge in [-0.2, -0.15) is 9.78 Å². The number of carbonyl (C=O) groups excluding carboxylic acids is 1. The maximum absolute atomic E-state index is 12.4. The van der Waals surface area contributed by atoms with E-state index in [1.165, 1.54) is 17.9 Å². The molecule has 0 atom stereocenters. The van der Waals surface area contributed by atoms with Crippen LogP contribution in [0.3, 0.4) is 0 Å². The molecule has 116 valence electrons. The minimum Gasteiger partial charge on any atom is -0.494 e. The third-order valence-electron chi connectivity index (χ3n) is 2.82. The van der Waals surface area contributed by atoms with Crippen LogP contribution < -0.4 is 15.6 Å². The van der Waals surface area contributed by atoms with E-state index in [9.17, 15) is 9.59 Å². The fraction of sp³-hybridized carbons (Fsp3) is 0.312. The molecule has 0 saturated heterocycles. The minimum atomic E-state index is -0.419. The number of para-hydroxylation sites is 1. The summed E-state index contributed by atoms with van der Waals surface area (Å²) in [6.45, 7) is 5.60. The van der Waals surface area contributed by atoms with E-state index in [-0.39, 0.29) is 17.0 Å². The summed E-state index contributed by atoms with van der Waals surface area (Å²) in [4.78, 5) is 24.5. The van der Waals surface area contributed by atoms with Crippen LogP contribution in [0.4, 0.5) is 0 Å². The highest BCUT2D eigenvalue weighted by Gasteiger charge is 2.22. The lowest BCUT2D eigenvalue weighted by molar-refractivity contribution is 0.0909. The molecular formula is C16H19N3O3. The number of hydrogen-bond acceptors (Lipinski definition) is 4. The Hall–Kier alpha value is -2.63. The van der Waals surface area contributed by atoms with Gasteiger partial charge in [0, 0.05) is 5.54 Å². The summed E-state index contributed by atoms with van der Waals surface area (Å²) in [7, 11) is 1.40. The van der Waals surface area contributed by atoms with Crippen molar-refractivity contribution in [2.24, 2.45) is 0 Å². The molecule has 0 spiro atoms. The van der Waals surface area contributed by atoms with Crippen molar-refractivity contribution in [2.45, 2.75) is 26.3 Å². The van der Waals surface area contributed by atoms with Crippen molar-refractivity contribution in [3.05, 3.63) is 52.4 Å². The number of hydrogen-bond donors (Lipinski definition) is 1. The molecule has 0 aliphatic rings. The summed E-state index contributed by atoms with van der Waals surface area (Å²) in [5.41, 5.74) is -0.131. The number of nitrogens with zero attached hydrogens (tertiary/aromatic N) is 2. The lowest BCUT2D eigenvalue weighted by Gasteiger charge is -2.21. The minimum absolute atomic E-state index is 0.0703. The first-order valence-corrected chi connectivity index (χ1v) is 6.88. The molecule has 1 aromatic carbocycles. The Balaban J connectivity index is 2.54. The van der Waals surface area contributed by atoms with Gasteiger partial charge in [0.2, 0.25) is 0 Å². The monoisotopic (exact) mass is 301 g/mol. The van der Waals surface area contributed by atoms with Crippen LogP contribution in [0.25, 0.3) is 5.69 Å². The molecule has 1 N–H and O–H groups in total. The van der Waals surface area contributed by atoms with Crippen molar-refractivity contribution < 1.29 is 9.53 Å². The molecule has 1 heterocycles. The average molecular weight is 301 g/mol. The van der Waals surface area contributed by atoms with E-state index < -0.39 is 11.4 Å². The second-order valence-corrected chi connectivity index (χ2v) is 5.85. The molecule has 0 aliphatic heterocycles. The summed E-state index contributed by atoms with van der Waals surface area (Å²) in [5, 5.41) is 6.98. The Morgan fingerprint density at radius 3 is 2.41 bits per heavy atom. The van der Waals surface area contributed by atoms with Crippen LogP contribution in [-0.2, 0) is 0 Å². The average Bonchev–Trinajstić information content (AvgIpc) is 2.45. The van der Waals surface area contributed by atoms with E-state index in [1.54, 1.807) is 24.3 Å². The van der Waals surface area contributed by atoms with Crippen molar-refractivity contribution in [3.63, 3.8) is 0 Å². The molecule has 6 heteroatoms. The van der Waals surface area contributed by atoms with Gasteiger partial charge in [0.25, 0.3) is 11.5 Å². The quantitative estimate of drug-likeness (QED) is 0.937. The Morgan fingerprint density at radius 1 is 1.23 bits per heavy atom. The predicted molar refractivity (Wildman–Crippen MR) is 83.6 cm³/mol. The highest BCUT2D eigenvalue weighted by Crippen LogP contribution is 2.15. The molecule has 6 nitrogen and oxygen atoms in total. The highest BCUT2D eigenvalue weighted by molar-refractivity contribution is 5.95. The van der Waals surface area contributed by atoms with Crippen LogP contribution in [0.15, 0.2) is 41.2 Å². The van der Waals surface area contributed by atoms with Gasteiger partial charge in [0.1, 0.15) is 0 Å². The number of carbonyl (C=O) groups is 1. The second kappa shape index (κ2) is 6.01. The summed E-state index contributed by atoms with van der Waals surface area (Å²) < 4.78 is 6.30. The van der Waals surface area contributed by atoms with Crippen molar-refractivity contribution in [2.75, 3.05) is 7.11 Å². The van der Waals surface area contributed by atoms with Gasteiger partial charge in [0.05, 0.1) is 18.9 Å². The van der Waals surface area contributed by atoms with Crippen LogP contribution in [0.2, 0.25) is 0 Å². The molecule has 2 rings (SSSR count). The first kappa shape index (κ1) is 15.8. The number of amides is 1. The van der Waals surface area contributed by atoms with Gasteiger partial charge in [0.15, 0.2) is 11.4 Å². The maximum atomic E-state index is 12.4. The van der Waals surface area contributed by atoms with Gasteiger partial charge < -0.3 is 10.1 Å². The normalized spacial score (nSPS) is 11.1. The van der Waals surface area contributed by atoms with Gasteiger partial charge in [-0.25, -0.2) is 0 Å². The maximum Gasteiger partial charge on any atom is 0.276 e. The third-order valence-corrected chi connectivity index (χ3v) is 2.82. The van der Waals surface area contributed by atoms with E-state index in [1.807, 2.05) is 26.8 Å². The highest BCUT2D eigenvalue weighted by atomic mass is 16.5. The predicted octanol–water partition coefficient (Wildman–Crippen LogP) is 1.77. The summed E-state index contributed by atoms with van der Waals surface area (Å²) >= 11 is 0. The largest absolute Gasteiger partial charge is 0.494 e. The van der Waals surface area contributed by atoms with Crippen molar-refractivity contribution in [1.29, 1.82) is 0 Å². The van der Waals surface area contributed by atoms with Gasteiger partial charge in [-0.3, -0.25) is 9.59 Å². The van der Waals surface area contributed by atoms with E-state index >= 15 is 0 Å². The standard InChI is InChI=1S/C16H19N3O3/c1-16(2,3)17-15(21)14-12(22-4)10-13(20)19(18-14)11-8-6-5-7-9-11/h5-10H,1-4H3,(H,17,21). The molecule has 2 aromatic rings. The number of methoxy groups -OCH3 is 1. The Morgan fingerprint density at radius 2 is 1.86 bits per heavy atom. The molecular weight excluding hydrogens is 282 g/mol. The Kier molecular flexibility index (Phi) is 4.30. The molecule has 0 saturated carbocycles. The number of rotatable bonds is 3. The molecule has 1 amide bonds. The van der Waals surface area contributed by atoms with E-state index in [0.717, 1.165) is 0 Å². The second-order valence-electron chi connectivity index (χ2n) is 5.85. The van der Waals surface area contributed by atoms with Crippen LogP contribution in [0.1, 0.15) is 31.3 Å². The topological polar surface area (TPSA) is 73.2 Å². The molecule has 0 aliphatic carbocycles. The third kappa shape index (κ3) is 3.52. The summed E-state index contributed by atoms with van der Waals surface area (Å²) in [6, 6.07) is 10.2. The zero-order chi connectivity index (χ0) is 16.3. The number of aromatic nitrogens is 2.